The van der Waals surface area contributed by atoms with E-state index in [9.17, 15) is 0 Å². The van der Waals surface area contributed by atoms with Gasteiger partial charge in [-0.3, -0.25) is 0 Å². The fourth-order valence-corrected chi connectivity index (χ4v) is 0.474. The first-order valence-corrected chi connectivity index (χ1v) is 5.07. The third-order valence-electron chi connectivity index (χ3n) is 0.512. The second kappa shape index (κ2) is 34.5. The first-order chi connectivity index (χ1) is 4.83. The van der Waals surface area contributed by atoms with Gasteiger partial charge >= 0.3 is 0 Å². The van der Waals surface area contributed by atoms with Crippen molar-refractivity contribution in [2.75, 3.05) is 5.75 Å². The lowest BCUT2D eigenvalue weighted by molar-refractivity contribution is 0.899. The van der Waals surface area contributed by atoms with Crippen LogP contribution in [0.4, 0.5) is 0 Å². The Labute approximate surface area is 72.8 Å². The quantitative estimate of drug-likeness (QED) is 0.582. The molecule has 0 aliphatic rings. The van der Waals surface area contributed by atoms with Crippen LogP contribution in [-0.2, 0) is 0 Å². The van der Waals surface area contributed by atoms with Crippen molar-refractivity contribution in [1.82, 2.24) is 0 Å². The Morgan fingerprint density at radius 2 is 1.30 bits per heavy atom. The molecular weight excluding hydrogens is 140 g/mol. The number of thiol groups is 1. The van der Waals surface area contributed by atoms with Crippen LogP contribution < -0.4 is 0 Å². The van der Waals surface area contributed by atoms with Crippen molar-refractivity contribution in [1.29, 1.82) is 0 Å². The van der Waals surface area contributed by atoms with Gasteiger partial charge in [0, 0.05) is 0 Å². The molecule has 10 heavy (non-hydrogen) atoms. The highest BCUT2D eigenvalue weighted by atomic mass is 32.1. The van der Waals surface area contributed by atoms with E-state index in [4.69, 9.17) is 0 Å². The molecule has 0 unspecified atom stereocenters. The molecule has 0 radical (unpaired) electrons. The summed E-state index contributed by atoms with van der Waals surface area (Å²) in [5.41, 5.74) is 0. The van der Waals surface area contributed by atoms with Crippen molar-refractivity contribution in [3.05, 3.63) is 0 Å². The Hall–Kier alpha value is 0.350. The Morgan fingerprint density at radius 3 is 1.30 bits per heavy atom. The molecule has 0 rings (SSSR count). The minimum absolute atomic E-state index is 1.04. The second-order valence-corrected chi connectivity index (χ2v) is 2.23. The van der Waals surface area contributed by atoms with Crippen LogP contribution in [0.15, 0.2) is 0 Å². The predicted octanol–water partition coefficient (Wildman–Crippen LogP) is 4.16. The molecule has 0 bridgehead atoms. The lowest BCUT2D eigenvalue weighted by Gasteiger charge is -1.78. The van der Waals surface area contributed by atoms with Gasteiger partial charge in [-0.2, -0.15) is 12.6 Å². The van der Waals surface area contributed by atoms with Crippen LogP contribution in [0.1, 0.15) is 53.9 Å². The SMILES string of the molecule is CC.CCC.CCCCS. The largest absolute Gasteiger partial charge is 0.179 e. The summed E-state index contributed by atoms with van der Waals surface area (Å²) in [5.74, 6) is 1.04. The zero-order chi connectivity index (χ0) is 8.83. The highest BCUT2D eigenvalue weighted by Gasteiger charge is 1.68. The number of unbranched alkanes of at least 4 members (excludes halogenated alkanes) is 1. The van der Waals surface area contributed by atoms with Crippen LogP contribution in [-0.4, -0.2) is 5.75 Å². The predicted molar refractivity (Wildman–Crippen MR) is 56.1 cm³/mol. The van der Waals surface area contributed by atoms with Gasteiger partial charge in [0.2, 0.25) is 0 Å². The van der Waals surface area contributed by atoms with Crippen LogP contribution >= 0.6 is 12.6 Å². The molecule has 0 spiro atoms. The third kappa shape index (κ3) is 81.7. The van der Waals surface area contributed by atoms with Crippen LogP contribution in [0.3, 0.4) is 0 Å². The van der Waals surface area contributed by atoms with E-state index in [1.807, 2.05) is 13.8 Å². The Kier molecular flexibility index (Phi) is 57.7. The molecule has 0 fully saturated rings. The summed E-state index contributed by atoms with van der Waals surface area (Å²) in [6.07, 6.45) is 3.77. The summed E-state index contributed by atoms with van der Waals surface area (Å²) >= 11 is 4.00. The van der Waals surface area contributed by atoms with Crippen molar-refractivity contribution in [2.45, 2.75) is 53.9 Å². The zero-order valence-electron chi connectivity index (χ0n) is 8.28. The number of hydrogen-bond donors (Lipinski definition) is 1. The van der Waals surface area contributed by atoms with Crippen LogP contribution in [0.5, 0.6) is 0 Å². The smallest absolute Gasteiger partial charge is 0.00980 e. The molecule has 0 aromatic rings. The molecule has 0 atom stereocenters. The molecule has 0 aliphatic heterocycles. The summed E-state index contributed by atoms with van der Waals surface area (Å²) in [6.45, 7) is 10.4. The van der Waals surface area contributed by atoms with Crippen LogP contribution in [0.25, 0.3) is 0 Å². The van der Waals surface area contributed by atoms with Crippen molar-refractivity contribution < 1.29 is 0 Å². The maximum atomic E-state index is 4.00. The van der Waals surface area contributed by atoms with E-state index < -0.39 is 0 Å². The Morgan fingerprint density at radius 1 is 1.00 bits per heavy atom. The summed E-state index contributed by atoms with van der Waals surface area (Å²) < 4.78 is 0. The van der Waals surface area contributed by atoms with Crippen molar-refractivity contribution in [3.63, 3.8) is 0 Å². The van der Waals surface area contributed by atoms with Gasteiger partial charge in [0.05, 0.1) is 0 Å². The summed E-state index contributed by atoms with van der Waals surface area (Å²) in [5, 5.41) is 0. The van der Waals surface area contributed by atoms with E-state index in [1.165, 1.54) is 19.3 Å². The average molecular weight is 164 g/mol. The zero-order valence-corrected chi connectivity index (χ0v) is 9.17. The minimum Gasteiger partial charge on any atom is -0.179 e. The third-order valence-corrected chi connectivity index (χ3v) is 0.828. The topological polar surface area (TPSA) is 0 Å². The maximum Gasteiger partial charge on any atom is -0.00980 e. The van der Waals surface area contributed by atoms with Gasteiger partial charge in [0.1, 0.15) is 0 Å². The molecule has 1 heteroatoms. The van der Waals surface area contributed by atoms with Gasteiger partial charge in [-0.1, -0.05) is 47.5 Å². The van der Waals surface area contributed by atoms with E-state index in [-0.39, 0.29) is 0 Å². The van der Waals surface area contributed by atoms with E-state index >= 15 is 0 Å². The first-order valence-electron chi connectivity index (χ1n) is 4.44. The van der Waals surface area contributed by atoms with E-state index in [0.29, 0.717) is 0 Å². The molecule has 0 aromatic heterocycles. The second-order valence-electron chi connectivity index (χ2n) is 1.78. The molecular formula is C9H24S. The van der Waals surface area contributed by atoms with Gasteiger partial charge < -0.3 is 0 Å². The fourth-order valence-electron chi connectivity index (χ4n) is 0.158. The molecule has 0 saturated carbocycles. The monoisotopic (exact) mass is 164 g/mol. The molecule has 0 aromatic carbocycles. The molecule has 0 nitrogen and oxygen atoms in total. The molecule has 0 aliphatic carbocycles. The lowest BCUT2D eigenvalue weighted by atomic mass is 10.4. The highest BCUT2D eigenvalue weighted by molar-refractivity contribution is 7.80. The number of rotatable bonds is 2. The molecule has 0 heterocycles. The summed E-state index contributed by atoms with van der Waals surface area (Å²) in [6, 6.07) is 0. The van der Waals surface area contributed by atoms with E-state index in [1.54, 1.807) is 0 Å². The van der Waals surface area contributed by atoms with Crippen molar-refractivity contribution in [2.24, 2.45) is 0 Å². The van der Waals surface area contributed by atoms with Crippen molar-refractivity contribution in [3.8, 4) is 0 Å². The average Bonchev–Trinajstić information content (AvgIpc) is 1.96. The maximum absolute atomic E-state index is 4.00. The minimum atomic E-state index is 1.04. The molecule has 0 amide bonds. The van der Waals surface area contributed by atoms with Crippen LogP contribution in [0.2, 0.25) is 0 Å². The van der Waals surface area contributed by atoms with E-state index in [2.05, 4.69) is 33.4 Å². The summed E-state index contributed by atoms with van der Waals surface area (Å²) in [4.78, 5) is 0. The normalized spacial score (nSPS) is 6.60. The molecule has 0 N–H and O–H groups in total. The number of hydrogen-bond acceptors (Lipinski definition) is 1. The van der Waals surface area contributed by atoms with Gasteiger partial charge in [0.25, 0.3) is 0 Å². The highest BCUT2D eigenvalue weighted by Crippen LogP contribution is 1.85. The van der Waals surface area contributed by atoms with Gasteiger partial charge in [-0.15, -0.1) is 0 Å². The fraction of sp³-hybridized carbons (Fsp3) is 1.00. The Bertz CT molecular complexity index is 18.7. The Balaban J connectivity index is -0.0000000847. The van der Waals surface area contributed by atoms with Crippen molar-refractivity contribution >= 4 is 12.6 Å². The lowest BCUT2D eigenvalue weighted by Crippen LogP contribution is -1.65. The van der Waals surface area contributed by atoms with Gasteiger partial charge in [-0.05, 0) is 12.2 Å². The summed E-state index contributed by atoms with van der Waals surface area (Å²) in [7, 11) is 0. The van der Waals surface area contributed by atoms with E-state index in [0.717, 1.165) is 5.75 Å². The molecule has 0 saturated heterocycles. The molecule has 66 valence electrons. The van der Waals surface area contributed by atoms with Gasteiger partial charge in [-0.25, -0.2) is 0 Å². The van der Waals surface area contributed by atoms with Crippen LogP contribution in [0, 0.1) is 0 Å². The standard InChI is InChI=1S/C4H10S.C3H8.C2H6/c1-2-3-4-5;1-3-2;1-2/h5H,2-4H2,1H3;3H2,1-2H3;1-2H3. The first kappa shape index (κ1) is 16.7. The van der Waals surface area contributed by atoms with Gasteiger partial charge in [0.15, 0.2) is 0 Å².